The molecule has 0 radical (unpaired) electrons. The summed E-state index contributed by atoms with van der Waals surface area (Å²) < 4.78 is 0. The van der Waals surface area contributed by atoms with Crippen LogP contribution in [-0.4, -0.2) is 6.54 Å². The van der Waals surface area contributed by atoms with Gasteiger partial charge in [0, 0.05) is 0 Å². The Kier molecular flexibility index (Phi) is 4.46. The molecule has 0 unspecified atom stereocenters. The van der Waals surface area contributed by atoms with E-state index in [0.29, 0.717) is 0 Å². The van der Waals surface area contributed by atoms with E-state index in [1.807, 2.05) is 13.0 Å². The van der Waals surface area contributed by atoms with Gasteiger partial charge in [-0.25, -0.2) is 0 Å². The Hall–Kier alpha value is -0.300. The second kappa shape index (κ2) is 4.70. The van der Waals surface area contributed by atoms with Gasteiger partial charge in [0.25, 0.3) is 0 Å². The van der Waals surface area contributed by atoms with E-state index in [-0.39, 0.29) is 0 Å². The van der Waals surface area contributed by atoms with Crippen molar-refractivity contribution in [3.63, 3.8) is 0 Å². The van der Waals surface area contributed by atoms with Crippen LogP contribution in [0.5, 0.6) is 0 Å². The van der Waals surface area contributed by atoms with Crippen molar-refractivity contribution in [3.05, 3.63) is 12.2 Å². The van der Waals surface area contributed by atoms with Crippen LogP contribution in [0.1, 0.15) is 13.3 Å². The standard InChI is InChI=1S/C5H11N/c1-2-3-4-5-6/h2-3H,4-6H2,1H3/b3-2+. The molecule has 0 aliphatic carbocycles. The normalized spacial score (nSPS) is 10.3. The molecule has 0 aromatic carbocycles. The number of allylic oxidation sites excluding steroid dienone is 1. The van der Waals surface area contributed by atoms with Crippen molar-refractivity contribution in [1.29, 1.82) is 0 Å². The van der Waals surface area contributed by atoms with E-state index in [1.165, 1.54) is 0 Å². The molecule has 36 valence electrons. The SMILES string of the molecule is C/C=C/CCN. The number of nitrogens with two attached hydrogens (primary N) is 1. The third-order valence-electron chi connectivity index (χ3n) is 0.569. The Balaban J connectivity index is 2.66. The second-order valence-corrected chi connectivity index (χ2v) is 1.15. The molecule has 0 aromatic rings. The summed E-state index contributed by atoms with van der Waals surface area (Å²) >= 11 is 0. The summed E-state index contributed by atoms with van der Waals surface area (Å²) in [6.45, 7) is 2.76. The van der Waals surface area contributed by atoms with Crippen molar-refractivity contribution in [1.82, 2.24) is 0 Å². The van der Waals surface area contributed by atoms with E-state index in [9.17, 15) is 0 Å². The van der Waals surface area contributed by atoms with Gasteiger partial charge in [0.1, 0.15) is 0 Å². The van der Waals surface area contributed by atoms with Gasteiger partial charge in [0.2, 0.25) is 0 Å². The fraction of sp³-hybridized carbons (Fsp3) is 0.600. The number of hydrogen-bond acceptors (Lipinski definition) is 1. The van der Waals surface area contributed by atoms with Crippen LogP contribution >= 0.6 is 0 Å². The van der Waals surface area contributed by atoms with Crippen molar-refractivity contribution < 1.29 is 0 Å². The highest BCUT2D eigenvalue weighted by atomic mass is 14.5. The van der Waals surface area contributed by atoms with Gasteiger partial charge < -0.3 is 5.73 Å². The molecule has 0 rings (SSSR count). The average Bonchev–Trinajstić information content (AvgIpc) is 1.61. The first-order valence-corrected chi connectivity index (χ1v) is 2.23. The highest BCUT2D eigenvalue weighted by Crippen LogP contribution is 1.73. The summed E-state index contributed by atoms with van der Waals surface area (Å²) in [5.74, 6) is 0. The van der Waals surface area contributed by atoms with E-state index >= 15 is 0 Å². The molecule has 0 saturated heterocycles. The van der Waals surface area contributed by atoms with Gasteiger partial charge in [-0.3, -0.25) is 0 Å². The van der Waals surface area contributed by atoms with Crippen molar-refractivity contribution in [2.75, 3.05) is 6.54 Å². The molecule has 0 atom stereocenters. The van der Waals surface area contributed by atoms with Crippen LogP contribution in [0.15, 0.2) is 12.2 Å². The van der Waals surface area contributed by atoms with Crippen LogP contribution < -0.4 is 5.73 Å². The molecule has 2 N–H and O–H groups in total. The molecular weight excluding hydrogens is 74.1 g/mol. The molecule has 0 amide bonds. The minimum atomic E-state index is 0.768. The summed E-state index contributed by atoms with van der Waals surface area (Å²) in [5.41, 5.74) is 5.16. The van der Waals surface area contributed by atoms with E-state index in [1.54, 1.807) is 0 Å². The van der Waals surface area contributed by atoms with Crippen molar-refractivity contribution in [2.45, 2.75) is 13.3 Å². The minimum absolute atomic E-state index is 0.768. The van der Waals surface area contributed by atoms with Gasteiger partial charge in [-0.1, -0.05) is 12.2 Å². The summed E-state index contributed by atoms with van der Waals surface area (Å²) in [5, 5.41) is 0. The van der Waals surface area contributed by atoms with E-state index < -0.39 is 0 Å². The molecule has 0 aliphatic heterocycles. The largest absolute Gasteiger partial charge is 0.330 e. The fourth-order valence-electron chi connectivity index (χ4n) is 0.263. The van der Waals surface area contributed by atoms with Crippen molar-refractivity contribution in [3.8, 4) is 0 Å². The topological polar surface area (TPSA) is 26.0 Å². The van der Waals surface area contributed by atoms with Gasteiger partial charge in [0.05, 0.1) is 0 Å². The van der Waals surface area contributed by atoms with Crippen LogP contribution in [0, 0.1) is 0 Å². The highest BCUT2D eigenvalue weighted by Gasteiger charge is 1.64. The van der Waals surface area contributed by atoms with E-state index in [2.05, 4.69) is 6.08 Å². The van der Waals surface area contributed by atoms with Crippen LogP contribution in [-0.2, 0) is 0 Å². The van der Waals surface area contributed by atoms with Crippen LogP contribution in [0.2, 0.25) is 0 Å². The molecule has 0 saturated carbocycles. The first kappa shape index (κ1) is 5.70. The Labute approximate surface area is 38.8 Å². The number of hydrogen-bond donors (Lipinski definition) is 1. The average molecular weight is 85.2 g/mol. The lowest BCUT2D eigenvalue weighted by Gasteiger charge is -1.77. The maximum atomic E-state index is 5.16. The number of rotatable bonds is 2. The third kappa shape index (κ3) is 3.70. The lowest BCUT2D eigenvalue weighted by atomic mass is 10.4. The highest BCUT2D eigenvalue weighted by molar-refractivity contribution is 4.76. The van der Waals surface area contributed by atoms with Crippen molar-refractivity contribution >= 4 is 0 Å². The maximum absolute atomic E-state index is 5.16. The Morgan fingerprint density at radius 3 is 2.50 bits per heavy atom. The molecule has 1 heteroatoms. The Morgan fingerprint density at radius 2 is 2.33 bits per heavy atom. The zero-order valence-corrected chi connectivity index (χ0v) is 4.15. The maximum Gasteiger partial charge on any atom is -0.00426 e. The molecule has 1 nitrogen and oxygen atoms in total. The third-order valence-corrected chi connectivity index (χ3v) is 0.569. The molecule has 6 heavy (non-hydrogen) atoms. The summed E-state index contributed by atoms with van der Waals surface area (Å²) in [6.07, 6.45) is 5.07. The van der Waals surface area contributed by atoms with Crippen LogP contribution in [0.4, 0.5) is 0 Å². The zero-order valence-electron chi connectivity index (χ0n) is 4.15. The first-order chi connectivity index (χ1) is 2.91. The van der Waals surface area contributed by atoms with Crippen LogP contribution in [0.3, 0.4) is 0 Å². The predicted molar refractivity (Wildman–Crippen MR) is 28.5 cm³/mol. The van der Waals surface area contributed by atoms with Gasteiger partial charge in [-0.05, 0) is 19.9 Å². The molecule has 0 heterocycles. The monoisotopic (exact) mass is 85.1 g/mol. The van der Waals surface area contributed by atoms with Gasteiger partial charge in [-0.2, -0.15) is 0 Å². The van der Waals surface area contributed by atoms with Crippen molar-refractivity contribution in [2.24, 2.45) is 5.73 Å². The first-order valence-electron chi connectivity index (χ1n) is 2.23. The molecule has 0 bridgehead atoms. The summed E-state index contributed by atoms with van der Waals surface area (Å²) in [4.78, 5) is 0. The smallest absolute Gasteiger partial charge is 0.00426 e. The predicted octanol–water partition coefficient (Wildman–Crippen LogP) is 0.911. The lowest BCUT2D eigenvalue weighted by molar-refractivity contribution is 1.01. The molecular formula is C5H11N. The van der Waals surface area contributed by atoms with E-state index in [4.69, 9.17) is 5.73 Å². The van der Waals surface area contributed by atoms with Gasteiger partial charge in [-0.15, -0.1) is 0 Å². The minimum Gasteiger partial charge on any atom is -0.330 e. The quantitative estimate of drug-likeness (QED) is 0.495. The summed E-state index contributed by atoms with van der Waals surface area (Å²) in [6, 6.07) is 0. The van der Waals surface area contributed by atoms with Crippen LogP contribution in [0.25, 0.3) is 0 Å². The van der Waals surface area contributed by atoms with E-state index in [0.717, 1.165) is 13.0 Å². The fourth-order valence-corrected chi connectivity index (χ4v) is 0.263. The summed E-state index contributed by atoms with van der Waals surface area (Å²) in [7, 11) is 0. The molecule has 0 spiro atoms. The Morgan fingerprint density at radius 1 is 1.67 bits per heavy atom. The molecule has 0 aliphatic rings. The zero-order chi connectivity index (χ0) is 4.83. The lowest BCUT2D eigenvalue weighted by Crippen LogP contribution is -1.94. The second-order valence-electron chi connectivity index (χ2n) is 1.15. The Bertz CT molecular complexity index is 39.2. The molecule has 0 aromatic heterocycles. The van der Waals surface area contributed by atoms with Gasteiger partial charge in [0.15, 0.2) is 0 Å². The van der Waals surface area contributed by atoms with Gasteiger partial charge >= 0.3 is 0 Å². The molecule has 0 fully saturated rings.